The summed E-state index contributed by atoms with van der Waals surface area (Å²) >= 11 is 0. The number of imide groups is 4. The molecule has 126 heavy (non-hydrogen) atoms. The summed E-state index contributed by atoms with van der Waals surface area (Å²) in [6, 6.07) is 33.3. The molecule has 14 rings (SSSR count). The summed E-state index contributed by atoms with van der Waals surface area (Å²) in [4.78, 5) is 176. The Morgan fingerprint density at radius 2 is 0.730 bits per heavy atom. The van der Waals surface area contributed by atoms with Crippen LogP contribution < -0.4 is 37.7 Å². The molecule has 4 aliphatic heterocycles. The molecule has 0 spiro atoms. The van der Waals surface area contributed by atoms with Gasteiger partial charge in [0.25, 0.3) is 0 Å². The van der Waals surface area contributed by atoms with Gasteiger partial charge in [0.05, 0.1) is 29.7 Å². The number of fused-ring (bicyclic) bond motifs is 2. The van der Waals surface area contributed by atoms with Crippen molar-refractivity contribution in [2.75, 3.05) is 22.9 Å². The third kappa shape index (κ3) is 21.9. The number of pyridine rings is 6. The summed E-state index contributed by atoms with van der Waals surface area (Å²) in [5.74, 6) is -12.0. The van der Waals surface area contributed by atoms with Gasteiger partial charge < -0.3 is 58.2 Å². The van der Waals surface area contributed by atoms with Crippen LogP contribution in [0.1, 0.15) is 129 Å². The number of benzene rings is 4. The van der Waals surface area contributed by atoms with Crippen molar-refractivity contribution >= 4 is 116 Å². The van der Waals surface area contributed by atoms with Crippen LogP contribution in [0, 0.1) is 23.7 Å². The van der Waals surface area contributed by atoms with Gasteiger partial charge in [-0.3, -0.25) is 58.2 Å². The molecule has 3 unspecified atom stereocenters. The highest BCUT2D eigenvalue weighted by Gasteiger charge is 2.58. The maximum atomic E-state index is 13.1. The third-order valence-corrected chi connectivity index (χ3v) is 21.7. The minimum Gasteiger partial charge on any atom is -0.480 e. The standard InChI is InChI=1S/2C23H22N4O4.C22H23F2N3O5.C21H22F2N4O5/c2*1-13(18-12-25-11-15-4-2-3-5-16(15)18)8-20(28)27-21(23(30)31)17(22(27)29)9-14-6-7-26-19(24)10-14;1-12(14-3-5-15(6-4-14)32-22(2,23)24)9-18(28)27-19(21(30)31)16(20(27)29)10-13-7-8-26-17(25)11-13;1-11(13-4-3-5-14(10-13)32-21(2,22)23)26-20(31)27-17(19(29)30)15(18(27)28)8-12-6-7-25-16(24)9-12/h2*2-7,10-13,17,21H,8-9H2,1H3,(H2,24,26)(H,30,31);3-8,11-12,16,19H,9-10H2,1-2H3,(H2,25,26)(H,30,31);3-7,9-11,15,17H,8H2,1-2H3,(H2,24,25)(H,26,31)(H,29,30)/t2*13?,17-,21+;12?,16-,19+;11-,15-,17+/m1111/s1. The SMILES string of the molecule is CC(CC(=O)N1C(=O)[C@H](Cc2ccnc(N)c2)[C@H]1C(=O)O)c1ccc(OC(C)(F)F)cc1.CC(CC(=O)N1C(=O)[C@H](Cc2ccnc(N)c2)[C@H]1C(=O)O)c1cncc2ccccc12.CC(CC(=O)N1C(=O)[C@H](Cc2ccnc(N)c2)[C@H]1C(=O)O)c1cncc2ccccc12.C[C@@H](NC(=O)N1C(=O)[C@H](Cc2ccnc(N)c2)[C@H]1C(=O)O)c1cccc(OC(C)(F)F)c1. The zero-order valence-corrected chi connectivity index (χ0v) is 68.7. The predicted octanol–water partition coefficient (Wildman–Crippen LogP) is 10.2. The summed E-state index contributed by atoms with van der Waals surface area (Å²) in [6.45, 7) is 8.26. The number of ether oxygens (including phenoxy) is 2. The highest BCUT2D eigenvalue weighted by atomic mass is 19.3. The van der Waals surface area contributed by atoms with E-state index in [1.807, 2.05) is 62.4 Å². The molecule has 9 amide bonds. The van der Waals surface area contributed by atoms with Gasteiger partial charge in [0.1, 0.15) is 52.9 Å². The molecule has 0 bridgehead atoms. The van der Waals surface area contributed by atoms with Crippen LogP contribution in [0.4, 0.5) is 45.6 Å². The van der Waals surface area contributed by atoms with Crippen LogP contribution in [0.3, 0.4) is 0 Å². The minimum atomic E-state index is -3.38. The number of amides is 9. The number of nitrogens with one attached hydrogen (secondary N) is 1. The number of carboxylic acids is 4. The van der Waals surface area contributed by atoms with Crippen molar-refractivity contribution in [2.24, 2.45) is 23.7 Å². The number of carbonyl (C=O) groups excluding carboxylic acids is 8. The topological polar surface area (TPSA) is 511 Å². The lowest BCUT2D eigenvalue weighted by atomic mass is 9.81. The first kappa shape index (κ1) is 91.8. The average molecular weight is 1730 g/mol. The summed E-state index contributed by atoms with van der Waals surface area (Å²) in [5, 5.41) is 44.9. The summed E-state index contributed by atoms with van der Waals surface area (Å²) in [7, 11) is 0. The molecule has 10 aromatic rings. The molecule has 10 heterocycles. The Hall–Kier alpha value is -14.9. The van der Waals surface area contributed by atoms with E-state index in [-0.39, 0.29) is 85.8 Å². The molecule has 33 nitrogen and oxygen atoms in total. The molecule has 4 fully saturated rings. The highest BCUT2D eigenvalue weighted by Crippen LogP contribution is 2.40. The van der Waals surface area contributed by atoms with E-state index in [0.717, 1.165) is 47.4 Å². The number of hydrogen-bond donors (Lipinski definition) is 9. The molecule has 4 aliphatic rings. The second-order valence-corrected chi connectivity index (χ2v) is 31.1. The normalized spacial score (nSPS) is 19.2. The number of nitrogens with zero attached hydrogens (tertiary/aromatic N) is 10. The molecule has 656 valence electrons. The van der Waals surface area contributed by atoms with Crippen LogP contribution in [-0.2, 0) is 78.4 Å². The Morgan fingerprint density at radius 3 is 1.07 bits per heavy atom. The Bertz CT molecular complexity index is 5630. The first-order chi connectivity index (χ1) is 59.6. The Morgan fingerprint density at radius 1 is 0.405 bits per heavy atom. The number of likely N-dealkylation sites (tertiary alicyclic amines) is 4. The van der Waals surface area contributed by atoms with Gasteiger partial charge in [-0.05, 0) is 178 Å². The highest BCUT2D eigenvalue weighted by molar-refractivity contribution is 6.11. The Labute approximate surface area is 717 Å². The molecule has 4 aromatic carbocycles. The number of nitrogen functional groups attached to an aromatic ring is 4. The first-order valence-electron chi connectivity index (χ1n) is 39.6. The lowest BCUT2D eigenvalue weighted by Crippen LogP contribution is -2.68. The molecule has 0 radical (unpaired) electrons. The summed E-state index contributed by atoms with van der Waals surface area (Å²) < 4.78 is 61.0. The lowest BCUT2D eigenvalue weighted by molar-refractivity contribution is -0.177. The number of aromatic nitrogens is 6. The number of β-lactam (4-membered cyclic amide) rings is 4. The Kier molecular flexibility index (Phi) is 28.5. The summed E-state index contributed by atoms with van der Waals surface area (Å²) in [5.41, 5.74) is 28.1. The van der Waals surface area contributed by atoms with Gasteiger partial charge >= 0.3 is 42.1 Å². The smallest absolute Gasteiger partial charge is 0.394 e. The van der Waals surface area contributed by atoms with E-state index >= 15 is 0 Å². The first-order valence-corrected chi connectivity index (χ1v) is 39.6. The zero-order chi connectivity index (χ0) is 91.5. The van der Waals surface area contributed by atoms with Crippen LogP contribution in [0.2, 0.25) is 0 Å². The quantitative estimate of drug-likeness (QED) is 0.0171. The number of anilines is 4. The zero-order valence-electron chi connectivity index (χ0n) is 68.7. The predicted molar refractivity (Wildman–Crippen MR) is 446 cm³/mol. The van der Waals surface area contributed by atoms with Crippen molar-refractivity contribution in [3.8, 4) is 11.5 Å². The van der Waals surface area contributed by atoms with Crippen LogP contribution in [0.5, 0.6) is 11.5 Å². The molecule has 0 saturated carbocycles. The fraction of sp³-hybridized carbons (Fsp3) is 0.303. The van der Waals surface area contributed by atoms with Gasteiger partial charge in [-0.2, -0.15) is 17.6 Å². The van der Waals surface area contributed by atoms with Gasteiger partial charge in [-0.25, -0.2) is 48.8 Å². The van der Waals surface area contributed by atoms with E-state index in [1.54, 1.807) is 99.3 Å². The van der Waals surface area contributed by atoms with Crippen LogP contribution in [0.15, 0.2) is 195 Å². The molecular formula is C89H89F4N15O18. The molecular weight excluding hydrogens is 1640 g/mol. The maximum Gasteiger partial charge on any atom is 0.394 e. The van der Waals surface area contributed by atoms with Gasteiger partial charge in [-0.1, -0.05) is 93.6 Å². The number of carbonyl (C=O) groups is 12. The van der Waals surface area contributed by atoms with E-state index in [0.29, 0.717) is 63.8 Å². The molecule has 6 aromatic heterocycles. The number of alkyl halides is 4. The van der Waals surface area contributed by atoms with E-state index in [2.05, 4.69) is 44.7 Å². The largest absolute Gasteiger partial charge is 0.480 e. The second kappa shape index (κ2) is 39.1. The van der Waals surface area contributed by atoms with E-state index in [9.17, 15) is 95.5 Å². The molecule has 4 saturated heterocycles. The van der Waals surface area contributed by atoms with Crippen molar-refractivity contribution in [1.82, 2.24) is 54.8 Å². The van der Waals surface area contributed by atoms with Gasteiger partial charge in [0.15, 0.2) is 6.04 Å². The average Bonchev–Trinajstić information content (AvgIpc) is 0.760. The number of nitrogens with two attached hydrogens (primary N) is 4. The van der Waals surface area contributed by atoms with E-state index < -0.39 is 137 Å². The number of aliphatic carboxylic acids is 4. The van der Waals surface area contributed by atoms with Crippen molar-refractivity contribution in [1.29, 1.82) is 0 Å². The fourth-order valence-electron chi connectivity index (χ4n) is 15.6. The fourth-order valence-corrected chi connectivity index (χ4v) is 15.6. The number of carboxylic acid groups (broad SMARTS) is 4. The van der Waals surface area contributed by atoms with Gasteiger partial charge in [0.2, 0.25) is 41.4 Å². The molecule has 12 atom stereocenters. The number of halogens is 4. The van der Waals surface area contributed by atoms with E-state index in [1.165, 1.54) is 61.2 Å². The number of hydrogen-bond acceptors (Lipinski definition) is 24. The number of rotatable bonds is 27. The third-order valence-electron chi connectivity index (χ3n) is 21.7. The molecule has 37 heteroatoms. The van der Waals surface area contributed by atoms with Crippen molar-refractivity contribution < 1.29 is 105 Å². The van der Waals surface area contributed by atoms with Crippen LogP contribution in [-0.4, -0.2) is 178 Å². The maximum absolute atomic E-state index is 13.1. The lowest BCUT2D eigenvalue weighted by Gasteiger charge is -2.43. The van der Waals surface area contributed by atoms with Crippen molar-refractivity contribution in [3.05, 3.63) is 240 Å². The molecule has 0 aliphatic carbocycles. The van der Waals surface area contributed by atoms with Crippen LogP contribution in [0.25, 0.3) is 21.5 Å². The van der Waals surface area contributed by atoms with E-state index in [4.69, 9.17) is 22.9 Å². The van der Waals surface area contributed by atoms with Gasteiger partial charge in [-0.15, -0.1) is 0 Å². The summed E-state index contributed by atoms with van der Waals surface area (Å²) in [6.07, 6.45) is 6.67. The Balaban J connectivity index is 0.000000163. The van der Waals surface area contributed by atoms with Crippen LogP contribution >= 0.6 is 0 Å². The minimum absolute atomic E-state index is 0.0140. The monoisotopic (exact) mass is 1730 g/mol. The molecule has 13 N–H and O–H groups in total. The second-order valence-electron chi connectivity index (χ2n) is 31.1. The van der Waals surface area contributed by atoms with Gasteiger partial charge in [0, 0.05) is 93.5 Å². The van der Waals surface area contributed by atoms with Crippen molar-refractivity contribution in [3.63, 3.8) is 0 Å². The number of urea groups is 1. The van der Waals surface area contributed by atoms with Crippen molar-refractivity contribution in [2.45, 2.75) is 147 Å².